The third-order valence-electron chi connectivity index (χ3n) is 10.9. The first-order valence-electron chi connectivity index (χ1n) is 17.8. The Bertz CT molecular complexity index is 2840. The van der Waals surface area contributed by atoms with Crippen LogP contribution in [0.25, 0.3) is 49.7 Å². The van der Waals surface area contributed by atoms with Crippen LogP contribution in [0.15, 0.2) is 188 Å². The number of nitrogens with zero attached hydrogens (tertiary/aromatic N) is 1. The van der Waals surface area contributed by atoms with Gasteiger partial charge in [0.1, 0.15) is 23.0 Å². The molecule has 1 aromatic heterocycles. The Morgan fingerprint density at radius 3 is 1.79 bits per heavy atom. The van der Waals surface area contributed by atoms with Gasteiger partial charge in [-0.2, -0.15) is 0 Å². The molecule has 8 aromatic carbocycles. The Morgan fingerprint density at radius 2 is 0.981 bits per heavy atom. The van der Waals surface area contributed by atoms with E-state index in [0.29, 0.717) is 0 Å². The first-order valence-corrected chi connectivity index (χ1v) is 17.8. The molecule has 244 valence electrons. The molecule has 11 rings (SSSR count). The van der Waals surface area contributed by atoms with E-state index in [4.69, 9.17) is 9.47 Å². The maximum atomic E-state index is 6.94. The van der Waals surface area contributed by atoms with Crippen molar-refractivity contribution in [3.8, 4) is 50.9 Å². The summed E-state index contributed by atoms with van der Waals surface area (Å²) in [5, 5.41) is 2.44. The second-order valence-corrected chi connectivity index (χ2v) is 13.6. The van der Waals surface area contributed by atoms with Crippen molar-refractivity contribution < 1.29 is 9.47 Å². The van der Waals surface area contributed by atoms with E-state index in [1.54, 1.807) is 0 Å². The van der Waals surface area contributed by atoms with Crippen molar-refractivity contribution in [3.63, 3.8) is 0 Å². The summed E-state index contributed by atoms with van der Waals surface area (Å²) in [7, 11) is 0. The first-order chi connectivity index (χ1) is 25.8. The molecule has 0 N–H and O–H groups in total. The van der Waals surface area contributed by atoms with Crippen molar-refractivity contribution in [3.05, 3.63) is 210 Å². The predicted molar refractivity (Wildman–Crippen MR) is 210 cm³/mol. The van der Waals surface area contributed by atoms with Gasteiger partial charge in [-0.3, -0.25) is 0 Å². The van der Waals surface area contributed by atoms with Crippen LogP contribution in [0.3, 0.4) is 0 Å². The SMILES string of the molecule is c1ccc(-c2cccc3c2Oc2ccccc2C32c3ccccc3Oc3cc(-c4cccc5c4c4ccccc4n5-c4ccccc4)ccc32)cc1. The van der Waals surface area contributed by atoms with Gasteiger partial charge in [-0.25, -0.2) is 0 Å². The smallest absolute Gasteiger partial charge is 0.140 e. The van der Waals surface area contributed by atoms with Gasteiger partial charge in [0.15, 0.2) is 0 Å². The van der Waals surface area contributed by atoms with E-state index in [9.17, 15) is 0 Å². The van der Waals surface area contributed by atoms with Crippen molar-refractivity contribution in [2.75, 3.05) is 0 Å². The Hall–Kier alpha value is -6.84. The van der Waals surface area contributed by atoms with Gasteiger partial charge in [0.05, 0.1) is 16.4 Å². The maximum Gasteiger partial charge on any atom is 0.140 e. The fraction of sp³-hybridized carbons (Fsp3) is 0.0204. The summed E-state index contributed by atoms with van der Waals surface area (Å²) in [6, 6.07) is 66.8. The average molecular weight is 666 g/mol. The Labute approximate surface area is 301 Å². The standard InChI is InChI=1S/C49H31NO2/c1-3-15-32(16-4-1)36-21-13-24-41-48(36)52-45-28-12-9-23-39(45)49(41)38-22-8-11-27-44(38)51-46-31-33(29-30-40(46)49)35-20-14-26-43-47(35)37-19-7-10-25-42(37)50(43)34-17-5-2-6-18-34/h1-31H. The number of benzene rings is 8. The summed E-state index contributed by atoms with van der Waals surface area (Å²) in [6.45, 7) is 0. The zero-order valence-corrected chi connectivity index (χ0v) is 28.2. The average Bonchev–Trinajstić information content (AvgIpc) is 3.56. The molecule has 0 bridgehead atoms. The van der Waals surface area contributed by atoms with Crippen molar-refractivity contribution in [2.45, 2.75) is 5.41 Å². The molecule has 0 amide bonds. The van der Waals surface area contributed by atoms with Gasteiger partial charge in [-0.15, -0.1) is 0 Å². The van der Waals surface area contributed by atoms with Gasteiger partial charge in [0, 0.05) is 44.3 Å². The Morgan fingerprint density at radius 1 is 0.385 bits per heavy atom. The van der Waals surface area contributed by atoms with E-state index in [0.717, 1.165) is 67.6 Å². The predicted octanol–water partition coefficient (Wildman–Crippen LogP) is 12.7. The highest BCUT2D eigenvalue weighted by Gasteiger charge is 2.51. The normalized spacial score (nSPS) is 15.3. The summed E-state index contributed by atoms with van der Waals surface area (Å²) in [5.74, 6) is 3.41. The molecule has 0 aliphatic carbocycles. The molecule has 3 heteroatoms. The molecule has 3 heterocycles. The highest BCUT2D eigenvalue weighted by molar-refractivity contribution is 6.15. The molecule has 0 saturated carbocycles. The van der Waals surface area contributed by atoms with Crippen LogP contribution in [0.4, 0.5) is 0 Å². The number of ether oxygens (including phenoxy) is 2. The van der Waals surface area contributed by atoms with Crippen LogP contribution in [0.5, 0.6) is 23.0 Å². The number of para-hydroxylation sites is 5. The molecule has 0 fully saturated rings. The van der Waals surface area contributed by atoms with Gasteiger partial charge in [-0.05, 0) is 59.2 Å². The zero-order valence-electron chi connectivity index (χ0n) is 28.2. The van der Waals surface area contributed by atoms with Crippen molar-refractivity contribution in [2.24, 2.45) is 0 Å². The molecule has 0 saturated heterocycles. The van der Waals surface area contributed by atoms with Crippen LogP contribution in [-0.4, -0.2) is 4.57 Å². The monoisotopic (exact) mass is 665 g/mol. The van der Waals surface area contributed by atoms with E-state index in [2.05, 4.69) is 193 Å². The Kier molecular flexibility index (Phi) is 6.17. The molecule has 3 nitrogen and oxygen atoms in total. The van der Waals surface area contributed by atoms with E-state index in [-0.39, 0.29) is 0 Å². The highest BCUT2D eigenvalue weighted by Crippen LogP contribution is 2.63. The van der Waals surface area contributed by atoms with Gasteiger partial charge in [-0.1, -0.05) is 146 Å². The summed E-state index contributed by atoms with van der Waals surface area (Å²) in [5.41, 5.74) is 11.7. The minimum absolute atomic E-state index is 0.674. The quantitative estimate of drug-likeness (QED) is 0.187. The molecule has 1 unspecified atom stereocenters. The van der Waals surface area contributed by atoms with Crippen LogP contribution in [0, 0.1) is 0 Å². The molecule has 2 aliphatic rings. The number of fused-ring (bicyclic) bond motifs is 11. The van der Waals surface area contributed by atoms with Gasteiger partial charge < -0.3 is 14.0 Å². The second-order valence-electron chi connectivity index (χ2n) is 13.6. The Balaban J connectivity index is 1.19. The van der Waals surface area contributed by atoms with Crippen molar-refractivity contribution >= 4 is 21.8 Å². The molecular formula is C49H31NO2. The van der Waals surface area contributed by atoms with Gasteiger partial charge in [0.2, 0.25) is 0 Å². The number of aromatic nitrogens is 1. The fourth-order valence-electron chi connectivity index (χ4n) is 8.82. The lowest BCUT2D eigenvalue weighted by Gasteiger charge is -2.45. The van der Waals surface area contributed by atoms with Crippen LogP contribution >= 0.6 is 0 Å². The van der Waals surface area contributed by atoms with E-state index in [1.807, 2.05) is 0 Å². The summed E-state index contributed by atoms with van der Waals surface area (Å²) in [4.78, 5) is 0. The lowest BCUT2D eigenvalue weighted by atomic mass is 9.62. The molecule has 52 heavy (non-hydrogen) atoms. The third kappa shape index (κ3) is 3.96. The highest BCUT2D eigenvalue weighted by atomic mass is 16.5. The van der Waals surface area contributed by atoms with Crippen LogP contribution in [0.1, 0.15) is 22.3 Å². The molecule has 1 spiro atoms. The van der Waals surface area contributed by atoms with Crippen LogP contribution in [-0.2, 0) is 5.41 Å². The van der Waals surface area contributed by atoms with E-state index >= 15 is 0 Å². The van der Waals surface area contributed by atoms with E-state index < -0.39 is 5.41 Å². The lowest BCUT2D eigenvalue weighted by molar-refractivity contribution is 0.400. The maximum absolute atomic E-state index is 6.94. The topological polar surface area (TPSA) is 23.4 Å². The second kappa shape index (κ2) is 11.1. The minimum atomic E-state index is -0.674. The van der Waals surface area contributed by atoms with Crippen LogP contribution < -0.4 is 9.47 Å². The summed E-state index contributed by atoms with van der Waals surface area (Å²) in [6.07, 6.45) is 0. The molecular weight excluding hydrogens is 635 g/mol. The largest absolute Gasteiger partial charge is 0.457 e. The molecule has 2 aliphatic heterocycles. The van der Waals surface area contributed by atoms with Crippen molar-refractivity contribution in [1.29, 1.82) is 0 Å². The van der Waals surface area contributed by atoms with Gasteiger partial charge >= 0.3 is 0 Å². The first kappa shape index (κ1) is 28.9. The third-order valence-corrected chi connectivity index (χ3v) is 10.9. The summed E-state index contributed by atoms with van der Waals surface area (Å²) >= 11 is 0. The van der Waals surface area contributed by atoms with Gasteiger partial charge in [0.25, 0.3) is 0 Å². The van der Waals surface area contributed by atoms with E-state index in [1.165, 1.54) is 27.4 Å². The molecule has 9 aromatic rings. The zero-order chi connectivity index (χ0) is 34.2. The van der Waals surface area contributed by atoms with Crippen LogP contribution in [0.2, 0.25) is 0 Å². The molecule has 1 atom stereocenters. The fourth-order valence-corrected chi connectivity index (χ4v) is 8.82. The van der Waals surface area contributed by atoms with Crippen molar-refractivity contribution in [1.82, 2.24) is 4.57 Å². The number of hydrogen-bond acceptors (Lipinski definition) is 2. The minimum Gasteiger partial charge on any atom is -0.457 e. The molecule has 0 radical (unpaired) electrons. The lowest BCUT2D eigenvalue weighted by Crippen LogP contribution is -2.37. The summed E-state index contributed by atoms with van der Waals surface area (Å²) < 4.78 is 16.2. The number of rotatable bonds is 3. The number of hydrogen-bond donors (Lipinski definition) is 0.